The first-order chi connectivity index (χ1) is 11.1. The van der Waals surface area contributed by atoms with E-state index in [4.69, 9.17) is 15.2 Å². The van der Waals surface area contributed by atoms with Crippen LogP contribution < -0.4 is 11.1 Å². The predicted molar refractivity (Wildman–Crippen MR) is 76.4 cm³/mol. The number of carbonyl (C=O) groups is 2. The molecule has 3 N–H and O–H groups in total. The standard InChI is InChI=1S/C15H17F3N2O4/c1-14(13(19)22,20-11(21)8-12-23-5-6-24-12)9-3-2-4-10(7-9)15(16,17)18/h2-4,7,12H,5-6,8H2,1H3,(H2,19,22)(H,20,21)/t14-/m1/s1. The summed E-state index contributed by atoms with van der Waals surface area (Å²) in [6.07, 6.45) is -5.52. The van der Waals surface area contributed by atoms with E-state index < -0.39 is 35.4 Å². The van der Waals surface area contributed by atoms with Gasteiger partial charge in [0.15, 0.2) is 6.29 Å². The summed E-state index contributed by atoms with van der Waals surface area (Å²) in [5.41, 5.74) is 2.52. The van der Waals surface area contributed by atoms with Gasteiger partial charge in [0.2, 0.25) is 11.8 Å². The highest BCUT2D eigenvalue weighted by molar-refractivity contribution is 5.91. The number of hydrogen-bond acceptors (Lipinski definition) is 4. The third-order valence-electron chi connectivity index (χ3n) is 3.69. The molecular formula is C15H17F3N2O4. The number of halogens is 3. The molecule has 1 aromatic rings. The van der Waals surface area contributed by atoms with Crippen LogP contribution in [-0.4, -0.2) is 31.3 Å². The zero-order valence-corrected chi connectivity index (χ0v) is 12.9. The summed E-state index contributed by atoms with van der Waals surface area (Å²) >= 11 is 0. The molecule has 1 aliphatic rings. The minimum Gasteiger partial charge on any atom is -0.367 e. The van der Waals surface area contributed by atoms with Crippen molar-refractivity contribution in [3.8, 4) is 0 Å². The average Bonchev–Trinajstić information content (AvgIpc) is 2.98. The first-order valence-electron chi connectivity index (χ1n) is 7.15. The summed E-state index contributed by atoms with van der Waals surface area (Å²) in [5.74, 6) is -1.61. The molecular weight excluding hydrogens is 329 g/mol. The molecule has 1 aromatic carbocycles. The van der Waals surface area contributed by atoms with Gasteiger partial charge in [0.05, 0.1) is 25.2 Å². The van der Waals surface area contributed by atoms with Gasteiger partial charge in [0.25, 0.3) is 0 Å². The number of alkyl halides is 3. The highest BCUT2D eigenvalue weighted by atomic mass is 19.4. The smallest absolute Gasteiger partial charge is 0.367 e. The Hall–Kier alpha value is -2.13. The quantitative estimate of drug-likeness (QED) is 0.840. The Balaban J connectivity index is 2.23. The third kappa shape index (κ3) is 4.04. The van der Waals surface area contributed by atoms with E-state index in [1.54, 1.807) is 0 Å². The van der Waals surface area contributed by atoms with Crippen LogP contribution in [-0.2, 0) is 30.8 Å². The van der Waals surface area contributed by atoms with Crippen molar-refractivity contribution >= 4 is 11.8 Å². The maximum Gasteiger partial charge on any atom is 0.416 e. The molecule has 0 saturated carbocycles. The molecule has 6 nitrogen and oxygen atoms in total. The minimum atomic E-state index is -4.58. The monoisotopic (exact) mass is 346 g/mol. The number of amides is 2. The van der Waals surface area contributed by atoms with Crippen molar-refractivity contribution in [2.75, 3.05) is 13.2 Å². The van der Waals surface area contributed by atoms with Crippen LogP contribution in [0.2, 0.25) is 0 Å². The van der Waals surface area contributed by atoms with Gasteiger partial charge in [-0.25, -0.2) is 0 Å². The average molecular weight is 346 g/mol. The second kappa shape index (κ2) is 6.78. The number of carbonyl (C=O) groups excluding carboxylic acids is 2. The fourth-order valence-electron chi connectivity index (χ4n) is 2.29. The van der Waals surface area contributed by atoms with E-state index in [0.29, 0.717) is 13.2 Å². The van der Waals surface area contributed by atoms with E-state index in [1.807, 2.05) is 0 Å². The minimum absolute atomic E-state index is 0.0635. The van der Waals surface area contributed by atoms with E-state index in [9.17, 15) is 22.8 Å². The summed E-state index contributed by atoms with van der Waals surface area (Å²) < 4.78 is 48.8. The number of rotatable bonds is 5. The van der Waals surface area contributed by atoms with E-state index in [-0.39, 0.29) is 12.0 Å². The lowest BCUT2D eigenvalue weighted by Crippen LogP contribution is -2.53. The van der Waals surface area contributed by atoms with Crippen LogP contribution in [0.5, 0.6) is 0 Å². The Morgan fingerprint density at radius 1 is 1.25 bits per heavy atom. The SMILES string of the molecule is C[C@](NC(=O)CC1OCCO1)(C(N)=O)c1cccc(C(F)(F)F)c1. The first kappa shape index (κ1) is 18.2. The van der Waals surface area contributed by atoms with Crippen LogP contribution in [0, 0.1) is 0 Å². The van der Waals surface area contributed by atoms with Crippen molar-refractivity contribution in [1.82, 2.24) is 5.32 Å². The molecule has 0 bridgehead atoms. The summed E-state index contributed by atoms with van der Waals surface area (Å²) in [6.45, 7) is 1.94. The van der Waals surface area contributed by atoms with Crippen LogP contribution in [0.1, 0.15) is 24.5 Å². The molecule has 24 heavy (non-hydrogen) atoms. The highest BCUT2D eigenvalue weighted by Gasteiger charge is 2.38. The summed E-state index contributed by atoms with van der Waals surface area (Å²) in [4.78, 5) is 23.9. The first-order valence-corrected chi connectivity index (χ1v) is 7.15. The molecule has 0 radical (unpaired) electrons. The molecule has 0 aromatic heterocycles. The maximum atomic E-state index is 12.9. The largest absolute Gasteiger partial charge is 0.416 e. The van der Waals surface area contributed by atoms with Crippen LogP contribution in [0.4, 0.5) is 13.2 Å². The van der Waals surface area contributed by atoms with E-state index in [0.717, 1.165) is 18.2 Å². The van der Waals surface area contributed by atoms with Gasteiger partial charge in [-0.3, -0.25) is 9.59 Å². The fraction of sp³-hybridized carbons (Fsp3) is 0.467. The van der Waals surface area contributed by atoms with Crippen LogP contribution in [0.3, 0.4) is 0 Å². The molecule has 0 unspecified atom stereocenters. The Labute approximate surface area is 136 Å². The van der Waals surface area contributed by atoms with Crippen LogP contribution >= 0.6 is 0 Å². The Morgan fingerprint density at radius 2 is 1.83 bits per heavy atom. The van der Waals surface area contributed by atoms with E-state index >= 15 is 0 Å². The number of hydrogen-bond donors (Lipinski definition) is 2. The van der Waals surface area contributed by atoms with Crippen LogP contribution in [0.15, 0.2) is 24.3 Å². The number of benzene rings is 1. The molecule has 9 heteroatoms. The summed E-state index contributed by atoms with van der Waals surface area (Å²) in [7, 11) is 0. The second-order valence-corrected chi connectivity index (χ2v) is 5.49. The zero-order valence-electron chi connectivity index (χ0n) is 12.9. The van der Waals surface area contributed by atoms with Gasteiger partial charge < -0.3 is 20.5 Å². The predicted octanol–water partition coefficient (Wildman–Crippen LogP) is 1.29. The Morgan fingerprint density at radius 3 is 2.38 bits per heavy atom. The Kier molecular flexibility index (Phi) is 5.14. The van der Waals surface area contributed by atoms with Gasteiger partial charge in [-0.15, -0.1) is 0 Å². The van der Waals surface area contributed by atoms with Gasteiger partial charge >= 0.3 is 6.18 Å². The molecule has 2 amide bonds. The molecule has 2 rings (SSSR count). The van der Waals surface area contributed by atoms with Crippen molar-refractivity contribution in [2.24, 2.45) is 5.73 Å². The zero-order chi connectivity index (χ0) is 18.0. The molecule has 132 valence electrons. The highest BCUT2D eigenvalue weighted by Crippen LogP contribution is 2.32. The van der Waals surface area contributed by atoms with Crippen molar-refractivity contribution in [2.45, 2.75) is 31.3 Å². The van der Waals surface area contributed by atoms with Gasteiger partial charge in [0.1, 0.15) is 5.54 Å². The summed E-state index contributed by atoms with van der Waals surface area (Å²) in [6, 6.07) is 4.10. The molecule has 1 atom stereocenters. The number of primary amides is 1. The topological polar surface area (TPSA) is 90.7 Å². The second-order valence-electron chi connectivity index (χ2n) is 5.49. The van der Waals surface area contributed by atoms with Crippen molar-refractivity contribution < 1.29 is 32.2 Å². The lowest BCUT2D eigenvalue weighted by Gasteiger charge is -2.29. The van der Waals surface area contributed by atoms with Gasteiger partial charge in [0, 0.05) is 0 Å². The molecule has 1 fully saturated rings. The van der Waals surface area contributed by atoms with Gasteiger partial charge in [-0.1, -0.05) is 12.1 Å². The van der Waals surface area contributed by atoms with E-state index in [2.05, 4.69) is 5.32 Å². The van der Waals surface area contributed by atoms with Crippen molar-refractivity contribution in [3.63, 3.8) is 0 Å². The number of nitrogens with one attached hydrogen (secondary N) is 1. The lowest BCUT2D eigenvalue weighted by molar-refractivity contribution is -0.138. The Bertz CT molecular complexity index is 629. The van der Waals surface area contributed by atoms with E-state index in [1.165, 1.54) is 13.0 Å². The molecule has 0 aliphatic carbocycles. The van der Waals surface area contributed by atoms with Gasteiger partial charge in [-0.05, 0) is 24.6 Å². The molecule has 1 aliphatic heterocycles. The normalized spacial score (nSPS) is 18.2. The fourth-order valence-corrected chi connectivity index (χ4v) is 2.29. The third-order valence-corrected chi connectivity index (χ3v) is 3.69. The number of nitrogens with two attached hydrogens (primary N) is 1. The maximum absolute atomic E-state index is 12.9. The lowest BCUT2D eigenvalue weighted by atomic mass is 9.89. The molecule has 1 saturated heterocycles. The van der Waals surface area contributed by atoms with Crippen LogP contribution in [0.25, 0.3) is 0 Å². The van der Waals surface area contributed by atoms with Gasteiger partial charge in [-0.2, -0.15) is 13.2 Å². The number of ether oxygens (including phenoxy) is 2. The molecule has 1 heterocycles. The molecule has 0 spiro atoms. The van der Waals surface area contributed by atoms with Crippen molar-refractivity contribution in [3.05, 3.63) is 35.4 Å². The van der Waals surface area contributed by atoms with Crippen molar-refractivity contribution in [1.29, 1.82) is 0 Å². The summed E-state index contributed by atoms with van der Waals surface area (Å²) in [5, 5.41) is 2.37.